The number of para-hydroxylation sites is 1. The molecule has 6 rings (SSSR count). The summed E-state index contributed by atoms with van der Waals surface area (Å²) < 4.78 is 6.67. The van der Waals surface area contributed by atoms with E-state index in [2.05, 4.69) is 96.1 Å². The summed E-state index contributed by atoms with van der Waals surface area (Å²) in [6, 6.07) is 19.8. The molecule has 0 amide bonds. The molecule has 0 atom stereocenters. The van der Waals surface area contributed by atoms with Crippen LogP contribution >= 0.6 is 0 Å². The summed E-state index contributed by atoms with van der Waals surface area (Å²) in [5, 5.41) is 3.66. The second kappa shape index (κ2) is 5.76. The van der Waals surface area contributed by atoms with Crippen LogP contribution in [0.1, 0.15) is 56.9 Å². The van der Waals surface area contributed by atoms with Crippen LogP contribution in [0.4, 0.5) is 0 Å². The monoisotopic (exact) mass is 405 g/mol. The molecule has 0 saturated carbocycles. The van der Waals surface area contributed by atoms with E-state index in [1.54, 1.807) is 0 Å². The van der Waals surface area contributed by atoms with Crippen LogP contribution in [0.3, 0.4) is 0 Å². The van der Waals surface area contributed by atoms with Crippen LogP contribution in [0.15, 0.2) is 59.0 Å². The molecule has 0 bridgehead atoms. The first-order valence-corrected chi connectivity index (χ1v) is 11.1. The van der Waals surface area contributed by atoms with Crippen LogP contribution in [0.25, 0.3) is 44.1 Å². The zero-order chi connectivity index (χ0) is 21.7. The quantitative estimate of drug-likeness (QED) is 0.260. The highest BCUT2D eigenvalue weighted by atomic mass is 16.3. The normalized spacial score (nSPS) is 15.0. The molecule has 1 aliphatic carbocycles. The summed E-state index contributed by atoms with van der Waals surface area (Å²) in [6.07, 6.45) is 0. The van der Waals surface area contributed by atoms with Crippen molar-refractivity contribution in [3.05, 3.63) is 76.9 Å². The average Bonchev–Trinajstić information content (AvgIpc) is 3.09. The standard InChI is InChI=1S/C29H27NO/c1-16-11-12-18-23-24-19(13-14-20(28(2,3)4)27(24)31-26(16)23)29(5,6)21-15-17-9-7-8-10-22(17)30-25(18)21/h7-15H,1-6H3. The second-order valence-corrected chi connectivity index (χ2v) is 10.6. The second-order valence-electron chi connectivity index (χ2n) is 10.6. The van der Waals surface area contributed by atoms with Gasteiger partial charge in [-0.2, -0.15) is 0 Å². The number of nitrogens with zero attached hydrogens (tertiary/aromatic N) is 1. The molecular formula is C29H27NO. The molecule has 31 heavy (non-hydrogen) atoms. The van der Waals surface area contributed by atoms with Gasteiger partial charge in [-0.25, -0.2) is 4.98 Å². The van der Waals surface area contributed by atoms with E-state index >= 15 is 0 Å². The number of benzene rings is 3. The summed E-state index contributed by atoms with van der Waals surface area (Å²) in [5.74, 6) is 0. The number of furan rings is 1. The Balaban J connectivity index is 1.89. The minimum absolute atomic E-state index is 0.00327. The fraction of sp³-hybridized carbons (Fsp3) is 0.276. The minimum Gasteiger partial charge on any atom is -0.455 e. The maximum Gasteiger partial charge on any atom is 0.139 e. The lowest BCUT2D eigenvalue weighted by molar-refractivity contribution is 0.570. The van der Waals surface area contributed by atoms with Crippen molar-refractivity contribution in [3.8, 4) is 11.3 Å². The van der Waals surface area contributed by atoms with E-state index in [1.807, 2.05) is 0 Å². The van der Waals surface area contributed by atoms with Gasteiger partial charge in [0.05, 0.1) is 11.2 Å². The third kappa shape index (κ3) is 2.36. The molecule has 0 aliphatic heterocycles. The number of hydrogen-bond donors (Lipinski definition) is 0. The van der Waals surface area contributed by atoms with E-state index in [-0.39, 0.29) is 10.8 Å². The Hall–Kier alpha value is -3.13. The summed E-state index contributed by atoms with van der Waals surface area (Å²) in [6.45, 7) is 13.6. The number of aryl methyl sites for hydroxylation is 1. The number of aromatic nitrogens is 1. The van der Waals surface area contributed by atoms with Crippen molar-refractivity contribution >= 4 is 32.8 Å². The first-order chi connectivity index (χ1) is 14.7. The third-order valence-corrected chi connectivity index (χ3v) is 7.10. The van der Waals surface area contributed by atoms with Gasteiger partial charge in [-0.3, -0.25) is 0 Å². The topological polar surface area (TPSA) is 26.0 Å². The number of pyridine rings is 1. The molecule has 0 unspecified atom stereocenters. The van der Waals surface area contributed by atoms with Gasteiger partial charge in [-0.15, -0.1) is 0 Å². The predicted octanol–water partition coefficient (Wildman–Crippen LogP) is 8.05. The molecule has 154 valence electrons. The Kier molecular flexibility index (Phi) is 3.46. The van der Waals surface area contributed by atoms with Crippen LogP contribution in [0.2, 0.25) is 0 Å². The van der Waals surface area contributed by atoms with Crippen LogP contribution in [-0.2, 0) is 10.8 Å². The van der Waals surface area contributed by atoms with E-state index in [9.17, 15) is 0 Å². The van der Waals surface area contributed by atoms with Gasteiger partial charge in [0.15, 0.2) is 0 Å². The maximum absolute atomic E-state index is 6.67. The Morgan fingerprint density at radius 2 is 1.61 bits per heavy atom. The molecule has 5 aromatic rings. The van der Waals surface area contributed by atoms with Gasteiger partial charge in [-0.1, -0.05) is 77.1 Å². The lowest BCUT2D eigenvalue weighted by Crippen LogP contribution is -2.21. The Labute approximate surface area is 182 Å². The first-order valence-electron chi connectivity index (χ1n) is 11.1. The van der Waals surface area contributed by atoms with Crippen LogP contribution in [-0.4, -0.2) is 4.98 Å². The van der Waals surface area contributed by atoms with Crippen molar-refractivity contribution in [2.24, 2.45) is 0 Å². The molecule has 0 N–H and O–H groups in total. The van der Waals surface area contributed by atoms with Gasteiger partial charge in [0.1, 0.15) is 11.2 Å². The molecule has 3 aromatic carbocycles. The molecule has 0 spiro atoms. The number of fused-ring (bicyclic) bond motifs is 3. The van der Waals surface area contributed by atoms with Crippen LogP contribution in [0, 0.1) is 6.92 Å². The molecular weight excluding hydrogens is 378 g/mol. The summed E-state index contributed by atoms with van der Waals surface area (Å²) in [4.78, 5) is 5.21. The van der Waals surface area contributed by atoms with Gasteiger partial charge in [-0.05, 0) is 41.2 Å². The lowest BCUT2D eigenvalue weighted by Gasteiger charge is -2.29. The molecule has 2 heteroatoms. The molecule has 0 radical (unpaired) electrons. The van der Waals surface area contributed by atoms with Crippen molar-refractivity contribution in [2.45, 2.75) is 52.4 Å². The van der Waals surface area contributed by atoms with Gasteiger partial charge >= 0.3 is 0 Å². The lowest BCUT2D eigenvalue weighted by atomic mass is 9.75. The summed E-state index contributed by atoms with van der Waals surface area (Å²) >= 11 is 0. The van der Waals surface area contributed by atoms with E-state index in [4.69, 9.17) is 9.40 Å². The zero-order valence-corrected chi connectivity index (χ0v) is 19.1. The van der Waals surface area contributed by atoms with E-state index in [0.717, 1.165) is 22.4 Å². The summed E-state index contributed by atoms with van der Waals surface area (Å²) in [7, 11) is 0. The Morgan fingerprint density at radius 3 is 2.39 bits per heavy atom. The molecule has 0 fully saturated rings. The molecule has 1 aliphatic rings. The predicted molar refractivity (Wildman–Crippen MR) is 130 cm³/mol. The largest absolute Gasteiger partial charge is 0.455 e. The number of hydrogen-bond acceptors (Lipinski definition) is 2. The van der Waals surface area contributed by atoms with Gasteiger partial charge in [0, 0.05) is 32.7 Å². The van der Waals surface area contributed by atoms with Crippen molar-refractivity contribution in [2.75, 3.05) is 0 Å². The van der Waals surface area contributed by atoms with Crippen LogP contribution < -0.4 is 0 Å². The first kappa shape index (κ1) is 18.6. The molecule has 2 nitrogen and oxygen atoms in total. The van der Waals surface area contributed by atoms with Crippen LogP contribution in [0.5, 0.6) is 0 Å². The SMILES string of the molecule is Cc1ccc2c3c1oc1c(C(C)(C)C)ccc(c13)C(C)(C)c1cc3ccccc3nc1-2. The average molecular weight is 406 g/mol. The van der Waals surface area contributed by atoms with Crippen molar-refractivity contribution in [3.63, 3.8) is 0 Å². The highest BCUT2D eigenvalue weighted by molar-refractivity contribution is 6.17. The Morgan fingerprint density at radius 1 is 0.839 bits per heavy atom. The van der Waals surface area contributed by atoms with E-state index in [1.165, 1.54) is 44.0 Å². The molecule has 2 heterocycles. The van der Waals surface area contributed by atoms with Crippen molar-refractivity contribution < 1.29 is 4.42 Å². The van der Waals surface area contributed by atoms with E-state index < -0.39 is 0 Å². The van der Waals surface area contributed by atoms with E-state index in [0.29, 0.717) is 0 Å². The third-order valence-electron chi connectivity index (χ3n) is 7.10. The minimum atomic E-state index is -0.204. The maximum atomic E-state index is 6.67. The highest BCUT2D eigenvalue weighted by Gasteiger charge is 2.36. The van der Waals surface area contributed by atoms with Crippen molar-refractivity contribution in [1.82, 2.24) is 4.98 Å². The van der Waals surface area contributed by atoms with Gasteiger partial charge < -0.3 is 4.42 Å². The van der Waals surface area contributed by atoms with Gasteiger partial charge in [0.25, 0.3) is 0 Å². The van der Waals surface area contributed by atoms with Crippen molar-refractivity contribution in [1.29, 1.82) is 0 Å². The fourth-order valence-electron chi connectivity index (χ4n) is 5.36. The Bertz CT molecular complexity index is 1540. The molecule has 2 aromatic heterocycles. The fourth-order valence-corrected chi connectivity index (χ4v) is 5.36. The van der Waals surface area contributed by atoms with Gasteiger partial charge in [0.2, 0.25) is 0 Å². The smallest absolute Gasteiger partial charge is 0.139 e. The zero-order valence-electron chi connectivity index (χ0n) is 19.1. The molecule has 0 saturated heterocycles. The number of rotatable bonds is 0. The summed E-state index contributed by atoms with van der Waals surface area (Å²) in [5.41, 5.74) is 10.1. The highest BCUT2D eigenvalue weighted by Crippen LogP contribution is 2.51.